The van der Waals surface area contributed by atoms with Crippen LogP contribution in [0.1, 0.15) is 37.3 Å². The van der Waals surface area contributed by atoms with Crippen molar-refractivity contribution in [1.82, 2.24) is 24.9 Å². The molecule has 0 saturated heterocycles. The summed E-state index contributed by atoms with van der Waals surface area (Å²) < 4.78 is 6.84. The number of benzene rings is 1. The average Bonchev–Trinajstić information content (AvgIpc) is 3.30. The van der Waals surface area contributed by atoms with Crippen molar-refractivity contribution >= 4 is 35.3 Å². The minimum atomic E-state index is -0.284. The van der Waals surface area contributed by atoms with Crippen LogP contribution in [-0.2, 0) is 9.59 Å². The summed E-state index contributed by atoms with van der Waals surface area (Å²) in [5, 5.41) is 18.2. The molecular formula is C18H19N7O3S. The number of thioether (sulfide) groups is 1. The lowest BCUT2D eigenvalue weighted by Crippen LogP contribution is -2.15. The molecule has 2 amide bonds. The molecule has 2 N–H and O–H groups in total. The summed E-state index contributed by atoms with van der Waals surface area (Å²) in [5.41, 5.74) is 1.52. The Labute approximate surface area is 170 Å². The van der Waals surface area contributed by atoms with Crippen LogP contribution in [0.3, 0.4) is 0 Å². The fraction of sp³-hybridized carbons (Fsp3) is 0.333. The molecule has 10 nitrogen and oxygen atoms in total. The Morgan fingerprint density at radius 3 is 2.79 bits per heavy atom. The summed E-state index contributed by atoms with van der Waals surface area (Å²) >= 11 is 1.26. The van der Waals surface area contributed by atoms with Gasteiger partial charge in [-0.2, -0.15) is 4.98 Å². The van der Waals surface area contributed by atoms with E-state index in [2.05, 4.69) is 31.0 Å². The number of anilines is 2. The highest BCUT2D eigenvalue weighted by atomic mass is 32.2. The largest absolute Gasteiger partial charge is 0.328 e. The average molecular weight is 413 g/mol. The molecule has 1 aromatic carbocycles. The number of aromatic nitrogens is 5. The minimum absolute atomic E-state index is 0.0660. The lowest BCUT2D eigenvalue weighted by atomic mass is 10.2. The first-order valence-corrected chi connectivity index (χ1v) is 10.0. The van der Waals surface area contributed by atoms with Crippen LogP contribution in [0.15, 0.2) is 33.9 Å². The number of rotatable bonds is 7. The molecule has 2 aromatic heterocycles. The molecule has 1 saturated carbocycles. The fourth-order valence-electron chi connectivity index (χ4n) is 2.78. The second kappa shape index (κ2) is 8.03. The van der Waals surface area contributed by atoms with Crippen molar-refractivity contribution < 1.29 is 14.1 Å². The normalized spacial score (nSPS) is 13.3. The predicted molar refractivity (Wildman–Crippen MR) is 106 cm³/mol. The molecular weight excluding hydrogens is 394 g/mol. The zero-order valence-electron chi connectivity index (χ0n) is 15.9. The van der Waals surface area contributed by atoms with Gasteiger partial charge in [-0.05, 0) is 38.0 Å². The van der Waals surface area contributed by atoms with Crippen molar-refractivity contribution in [1.29, 1.82) is 0 Å². The van der Waals surface area contributed by atoms with Gasteiger partial charge in [-0.1, -0.05) is 23.0 Å². The number of hydrogen-bond donors (Lipinski definition) is 2. The fourth-order valence-corrected chi connectivity index (χ4v) is 3.54. The van der Waals surface area contributed by atoms with E-state index in [4.69, 9.17) is 4.52 Å². The van der Waals surface area contributed by atoms with Gasteiger partial charge >= 0.3 is 6.01 Å². The zero-order valence-corrected chi connectivity index (χ0v) is 16.7. The molecule has 29 heavy (non-hydrogen) atoms. The number of hydrogen-bond acceptors (Lipinski definition) is 8. The first-order valence-electron chi connectivity index (χ1n) is 9.06. The van der Waals surface area contributed by atoms with Gasteiger partial charge in [0.25, 0.3) is 0 Å². The monoisotopic (exact) mass is 413 g/mol. The van der Waals surface area contributed by atoms with E-state index in [9.17, 15) is 9.59 Å². The first kappa shape index (κ1) is 19.1. The van der Waals surface area contributed by atoms with Gasteiger partial charge < -0.3 is 9.84 Å². The van der Waals surface area contributed by atoms with Crippen LogP contribution >= 0.6 is 11.8 Å². The Morgan fingerprint density at radius 1 is 1.28 bits per heavy atom. The van der Waals surface area contributed by atoms with Gasteiger partial charge in [0.05, 0.1) is 11.4 Å². The van der Waals surface area contributed by atoms with Gasteiger partial charge in [-0.3, -0.25) is 19.5 Å². The Morgan fingerprint density at radius 2 is 2.10 bits per heavy atom. The molecule has 0 bridgehead atoms. The van der Waals surface area contributed by atoms with Crippen LogP contribution in [0.2, 0.25) is 0 Å². The van der Waals surface area contributed by atoms with E-state index in [1.165, 1.54) is 18.7 Å². The summed E-state index contributed by atoms with van der Waals surface area (Å²) in [6.07, 6.45) is 2.12. The molecule has 3 aromatic rings. The molecule has 150 valence electrons. The van der Waals surface area contributed by atoms with E-state index >= 15 is 0 Å². The SMILES string of the molecule is CC(=O)Nc1cccc(-n2c(SCC(=O)Nc3nc(C)no3)nnc2C2CC2)c1. The van der Waals surface area contributed by atoms with Crippen molar-refractivity contribution in [2.24, 2.45) is 0 Å². The Bertz CT molecular complexity index is 1060. The van der Waals surface area contributed by atoms with Crippen molar-refractivity contribution in [3.8, 4) is 5.69 Å². The molecule has 11 heteroatoms. The topological polar surface area (TPSA) is 128 Å². The number of amides is 2. The summed E-state index contributed by atoms with van der Waals surface area (Å²) in [5.74, 6) is 1.34. The second-order valence-electron chi connectivity index (χ2n) is 6.67. The van der Waals surface area contributed by atoms with Crippen molar-refractivity contribution in [2.75, 3.05) is 16.4 Å². The van der Waals surface area contributed by atoms with Crippen molar-refractivity contribution in [3.63, 3.8) is 0 Å². The van der Waals surface area contributed by atoms with Gasteiger partial charge in [0.15, 0.2) is 11.0 Å². The van der Waals surface area contributed by atoms with Gasteiger partial charge in [-0.25, -0.2) is 0 Å². The molecule has 1 aliphatic rings. The minimum Gasteiger partial charge on any atom is -0.326 e. The van der Waals surface area contributed by atoms with Gasteiger partial charge in [0.1, 0.15) is 5.82 Å². The van der Waals surface area contributed by atoms with Crippen LogP contribution in [0, 0.1) is 6.92 Å². The highest BCUT2D eigenvalue weighted by Gasteiger charge is 2.31. The van der Waals surface area contributed by atoms with E-state index in [-0.39, 0.29) is 23.6 Å². The van der Waals surface area contributed by atoms with Crippen LogP contribution in [0.5, 0.6) is 0 Å². The summed E-state index contributed by atoms with van der Waals surface area (Å²) in [6.45, 7) is 3.14. The van der Waals surface area contributed by atoms with Crippen LogP contribution in [0.4, 0.5) is 11.7 Å². The molecule has 4 rings (SSSR count). The number of nitrogens with zero attached hydrogens (tertiary/aromatic N) is 5. The predicted octanol–water partition coefficient (Wildman–Crippen LogP) is 2.53. The third-order valence-corrected chi connectivity index (χ3v) is 5.06. The molecule has 0 aliphatic heterocycles. The van der Waals surface area contributed by atoms with Crippen molar-refractivity contribution in [2.45, 2.75) is 37.8 Å². The van der Waals surface area contributed by atoms with E-state index in [1.54, 1.807) is 6.92 Å². The maximum Gasteiger partial charge on any atom is 0.328 e. The number of carbonyl (C=O) groups excluding carboxylic acids is 2. The van der Waals surface area contributed by atoms with Crippen LogP contribution in [-0.4, -0.2) is 42.5 Å². The third kappa shape index (κ3) is 4.62. The van der Waals surface area contributed by atoms with E-state index < -0.39 is 0 Å². The highest BCUT2D eigenvalue weighted by Crippen LogP contribution is 2.41. The van der Waals surface area contributed by atoms with E-state index in [0.29, 0.717) is 22.6 Å². The first-order chi connectivity index (χ1) is 14.0. The van der Waals surface area contributed by atoms with Crippen LogP contribution in [0.25, 0.3) is 5.69 Å². The maximum atomic E-state index is 12.2. The van der Waals surface area contributed by atoms with Crippen molar-refractivity contribution in [3.05, 3.63) is 35.9 Å². The number of nitrogens with one attached hydrogen (secondary N) is 2. The van der Waals surface area contributed by atoms with E-state index in [0.717, 1.165) is 24.4 Å². The number of carbonyl (C=O) groups is 2. The molecule has 0 unspecified atom stereocenters. The molecule has 2 heterocycles. The molecule has 1 fully saturated rings. The molecule has 0 atom stereocenters. The zero-order chi connectivity index (χ0) is 20.4. The Hall–Kier alpha value is -3.21. The standard InChI is InChI=1S/C18H19N7O3S/c1-10-19-17(28-24-10)21-15(27)9-29-18-23-22-16(12-6-7-12)25(18)14-5-3-4-13(8-14)20-11(2)26/h3-5,8,12H,6-7,9H2,1-2H3,(H,20,26)(H,19,21,24,27). The third-order valence-electron chi connectivity index (χ3n) is 4.13. The quantitative estimate of drug-likeness (QED) is 0.566. The Balaban J connectivity index is 1.54. The van der Waals surface area contributed by atoms with Gasteiger partial charge in [0.2, 0.25) is 11.8 Å². The van der Waals surface area contributed by atoms with Crippen LogP contribution < -0.4 is 10.6 Å². The van der Waals surface area contributed by atoms with Gasteiger partial charge in [0, 0.05) is 18.5 Å². The van der Waals surface area contributed by atoms with Gasteiger partial charge in [-0.15, -0.1) is 10.2 Å². The maximum absolute atomic E-state index is 12.2. The Kier molecular flexibility index (Phi) is 5.30. The van der Waals surface area contributed by atoms with E-state index in [1.807, 2.05) is 28.8 Å². The summed E-state index contributed by atoms with van der Waals surface area (Å²) in [6, 6.07) is 7.53. The number of aryl methyl sites for hydroxylation is 1. The molecule has 1 aliphatic carbocycles. The summed E-state index contributed by atoms with van der Waals surface area (Å²) in [7, 11) is 0. The lowest BCUT2D eigenvalue weighted by Gasteiger charge is -2.11. The lowest BCUT2D eigenvalue weighted by molar-refractivity contribution is -0.114. The second-order valence-corrected chi connectivity index (χ2v) is 7.61. The summed E-state index contributed by atoms with van der Waals surface area (Å²) in [4.78, 5) is 27.5. The molecule has 0 spiro atoms. The highest BCUT2D eigenvalue weighted by molar-refractivity contribution is 7.99. The smallest absolute Gasteiger partial charge is 0.326 e. The molecule has 0 radical (unpaired) electrons.